The molecule has 0 bridgehead atoms. The number of aromatic nitrogens is 3. The Hall–Kier alpha value is -1.75. The molecule has 17 heavy (non-hydrogen) atoms. The molecule has 0 aliphatic carbocycles. The monoisotopic (exact) mass is 234 g/mol. The molecule has 0 aromatic carbocycles. The Balaban J connectivity index is 2.03. The topological polar surface area (TPSA) is 56.7 Å². The van der Waals surface area contributed by atoms with Gasteiger partial charge in [0.15, 0.2) is 5.82 Å². The van der Waals surface area contributed by atoms with Crippen LogP contribution in [-0.4, -0.2) is 20.8 Å². The molecule has 2 rings (SSSR count). The van der Waals surface area contributed by atoms with Gasteiger partial charge in [0, 0.05) is 12.2 Å². The zero-order valence-electron chi connectivity index (χ0n) is 9.68. The van der Waals surface area contributed by atoms with E-state index in [2.05, 4.69) is 10.1 Å². The predicted molar refractivity (Wildman–Crippen MR) is 62.9 cm³/mol. The molecular weight excluding hydrogens is 219 g/mol. The summed E-state index contributed by atoms with van der Waals surface area (Å²) >= 11 is 0. The van der Waals surface area contributed by atoms with Crippen LogP contribution in [0.4, 0.5) is 4.39 Å². The van der Waals surface area contributed by atoms with Crippen LogP contribution in [0.3, 0.4) is 0 Å². The first kappa shape index (κ1) is 11.7. The molecule has 90 valence electrons. The first-order valence-electron chi connectivity index (χ1n) is 5.51. The van der Waals surface area contributed by atoms with Crippen LogP contribution < -0.4 is 5.73 Å². The lowest BCUT2D eigenvalue weighted by molar-refractivity contribution is 0.617. The van der Waals surface area contributed by atoms with E-state index in [0.717, 1.165) is 17.7 Å². The molecule has 0 spiro atoms. The summed E-state index contributed by atoms with van der Waals surface area (Å²) in [5.74, 6) is -0.335. The first-order valence-corrected chi connectivity index (χ1v) is 5.51. The van der Waals surface area contributed by atoms with Crippen molar-refractivity contribution in [3.05, 3.63) is 47.8 Å². The minimum atomic E-state index is -0.335. The third-order valence-electron chi connectivity index (χ3n) is 2.37. The molecule has 2 aromatic rings. The van der Waals surface area contributed by atoms with Crippen LogP contribution in [0.1, 0.15) is 18.2 Å². The van der Waals surface area contributed by atoms with Crippen molar-refractivity contribution in [3.63, 3.8) is 0 Å². The second kappa shape index (κ2) is 5.05. The Morgan fingerprint density at radius 3 is 2.76 bits per heavy atom. The first-order chi connectivity index (χ1) is 8.13. The van der Waals surface area contributed by atoms with E-state index >= 15 is 0 Å². The molecule has 0 saturated heterocycles. The smallest absolute Gasteiger partial charge is 0.161 e. The van der Waals surface area contributed by atoms with Crippen molar-refractivity contribution >= 4 is 0 Å². The van der Waals surface area contributed by atoms with Crippen LogP contribution >= 0.6 is 0 Å². The van der Waals surface area contributed by atoms with Gasteiger partial charge in [0.2, 0.25) is 0 Å². The van der Waals surface area contributed by atoms with Crippen LogP contribution in [0, 0.1) is 5.82 Å². The summed E-state index contributed by atoms with van der Waals surface area (Å²) in [6, 6.07) is 4.03. The van der Waals surface area contributed by atoms with Crippen molar-refractivity contribution in [2.75, 3.05) is 0 Å². The Bertz CT molecular complexity index is 476. The van der Waals surface area contributed by atoms with Crippen molar-refractivity contribution in [2.45, 2.75) is 25.9 Å². The summed E-state index contributed by atoms with van der Waals surface area (Å²) in [5.41, 5.74) is 7.66. The molecule has 1 atom stereocenters. The zero-order chi connectivity index (χ0) is 12.3. The number of rotatable bonds is 4. The van der Waals surface area contributed by atoms with Crippen molar-refractivity contribution in [3.8, 4) is 0 Å². The number of hydrogen-bond acceptors (Lipinski definition) is 3. The molecule has 5 heteroatoms. The van der Waals surface area contributed by atoms with Gasteiger partial charge < -0.3 is 5.73 Å². The van der Waals surface area contributed by atoms with E-state index < -0.39 is 0 Å². The lowest BCUT2D eigenvalue weighted by Gasteiger charge is -2.06. The molecule has 0 fully saturated rings. The van der Waals surface area contributed by atoms with Gasteiger partial charge in [-0.15, -0.1) is 0 Å². The van der Waals surface area contributed by atoms with Gasteiger partial charge in [0.05, 0.1) is 24.6 Å². The summed E-state index contributed by atoms with van der Waals surface area (Å²) in [6.07, 6.45) is 5.14. The minimum absolute atomic E-state index is 0.128. The van der Waals surface area contributed by atoms with E-state index in [4.69, 9.17) is 5.73 Å². The van der Waals surface area contributed by atoms with E-state index in [1.165, 1.54) is 17.1 Å². The molecule has 0 saturated carbocycles. The fourth-order valence-corrected chi connectivity index (χ4v) is 1.63. The van der Waals surface area contributed by atoms with Gasteiger partial charge in [0.25, 0.3) is 0 Å². The molecule has 2 heterocycles. The van der Waals surface area contributed by atoms with Gasteiger partial charge in [-0.2, -0.15) is 5.10 Å². The maximum atomic E-state index is 12.7. The molecule has 0 aliphatic rings. The van der Waals surface area contributed by atoms with Crippen LogP contribution in [0.5, 0.6) is 0 Å². The number of hydrogen-bond donors (Lipinski definition) is 1. The largest absolute Gasteiger partial charge is 0.328 e. The Labute approximate surface area is 99.3 Å². The molecule has 2 aromatic heterocycles. The third-order valence-corrected chi connectivity index (χ3v) is 2.37. The summed E-state index contributed by atoms with van der Waals surface area (Å²) in [5, 5.41) is 3.86. The van der Waals surface area contributed by atoms with Gasteiger partial charge in [-0.3, -0.25) is 9.67 Å². The fourth-order valence-electron chi connectivity index (χ4n) is 1.63. The van der Waals surface area contributed by atoms with Gasteiger partial charge in [-0.25, -0.2) is 4.39 Å². The van der Waals surface area contributed by atoms with E-state index in [9.17, 15) is 4.39 Å². The normalized spacial score (nSPS) is 12.6. The second-order valence-electron chi connectivity index (χ2n) is 4.20. The van der Waals surface area contributed by atoms with Gasteiger partial charge in [-0.1, -0.05) is 6.07 Å². The van der Waals surface area contributed by atoms with Gasteiger partial charge in [-0.05, 0) is 25.0 Å². The minimum Gasteiger partial charge on any atom is -0.328 e. The van der Waals surface area contributed by atoms with E-state index in [0.29, 0.717) is 6.54 Å². The number of pyridine rings is 1. The predicted octanol–water partition coefficient (Wildman–Crippen LogP) is 1.36. The molecule has 0 radical (unpaired) electrons. The van der Waals surface area contributed by atoms with Gasteiger partial charge >= 0.3 is 0 Å². The summed E-state index contributed by atoms with van der Waals surface area (Å²) in [7, 11) is 0. The molecule has 0 amide bonds. The number of nitrogens with two attached hydrogens (primary N) is 1. The highest BCUT2D eigenvalue weighted by atomic mass is 19.1. The summed E-state index contributed by atoms with van der Waals surface area (Å²) < 4.78 is 14.2. The third kappa shape index (κ3) is 3.35. The SMILES string of the molecule is CC(N)Cc1ccc(Cn2cc(F)cn2)nc1. The van der Waals surface area contributed by atoms with Crippen molar-refractivity contribution < 1.29 is 4.39 Å². The van der Waals surface area contributed by atoms with Crippen LogP contribution in [0.15, 0.2) is 30.7 Å². The Kier molecular flexibility index (Phi) is 3.49. The second-order valence-corrected chi connectivity index (χ2v) is 4.20. The highest BCUT2D eigenvalue weighted by molar-refractivity contribution is 5.15. The highest BCUT2D eigenvalue weighted by Gasteiger charge is 2.02. The lowest BCUT2D eigenvalue weighted by Crippen LogP contribution is -2.17. The van der Waals surface area contributed by atoms with E-state index in [1.807, 2.05) is 19.1 Å². The highest BCUT2D eigenvalue weighted by Crippen LogP contribution is 2.05. The quantitative estimate of drug-likeness (QED) is 0.868. The van der Waals surface area contributed by atoms with Crippen molar-refractivity contribution in [1.82, 2.24) is 14.8 Å². The fraction of sp³-hybridized carbons (Fsp3) is 0.333. The molecule has 1 unspecified atom stereocenters. The average Bonchev–Trinajstić information content (AvgIpc) is 2.66. The molecule has 0 aliphatic heterocycles. The van der Waals surface area contributed by atoms with Crippen LogP contribution in [0.2, 0.25) is 0 Å². The molecule has 4 nitrogen and oxygen atoms in total. The van der Waals surface area contributed by atoms with Crippen molar-refractivity contribution in [2.24, 2.45) is 5.73 Å². The maximum Gasteiger partial charge on any atom is 0.161 e. The zero-order valence-corrected chi connectivity index (χ0v) is 9.68. The molecular formula is C12H15FN4. The lowest BCUT2D eigenvalue weighted by atomic mass is 10.1. The van der Waals surface area contributed by atoms with Crippen LogP contribution in [-0.2, 0) is 13.0 Å². The Morgan fingerprint density at radius 2 is 2.24 bits per heavy atom. The number of nitrogens with zero attached hydrogens (tertiary/aromatic N) is 3. The van der Waals surface area contributed by atoms with Gasteiger partial charge in [0.1, 0.15) is 0 Å². The van der Waals surface area contributed by atoms with Crippen molar-refractivity contribution in [1.29, 1.82) is 0 Å². The maximum absolute atomic E-state index is 12.7. The van der Waals surface area contributed by atoms with E-state index in [-0.39, 0.29) is 11.9 Å². The molecule has 2 N–H and O–H groups in total. The number of halogens is 1. The Morgan fingerprint density at radius 1 is 1.41 bits per heavy atom. The van der Waals surface area contributed by atoms with Crippen LogP contribution in [0.25, 0.3) is 0 Å². The standard InChI is InChI=1S/C12H15FN4/c1-9(14)4-10-2-3-12(15-5-10)8-17-7-11(13)6-16-17/h2-3,5-7,9H,4,8,14H2,1H3. The summed E-state index contributed by atoms with van der Waals surface area (Å²) in [4.78, 5) is 4.30. The average molecular weight is 234 g/mol. The summed E-state index contributed by atoms with van der Waals surface area (Å²) in [6.45, 7) is 2.43. The van der Waals surface area contributed by atoms with E-state index in [1.54, 1.807) is 6.20 Å².